The molecule has 1 aliphatic heterocycles. The number of aliphatic imine (C=N–C) groups is 1. The molecule has 0 saturated heterocycles. The molecule has 0 spiro atoms. The van der Waals surface area contributed by atoms with Crippen molar-refractivity contribution in [2.45, 2.75) is 19.4 Å². The fourth-order valence-corrected chi connectivity index (χ4v) is 2.95. The predicted octanol–water partition coefficient (Wildman–Crippen LogP) is 1.78. The number of thioether (sulfide) groups is 1. The number of hydrogen-bond acceptors (Lipinski definition) is 4. The molecule has 1 heterocycles. The maximum Gasteiger partial charge on any atom is 0.306 e. The van der Waals surface area contributed by atoms with E-state index in [1.165, 1.54) is 0 Å². The van der Waals surface area contributed by atoms with Gasteiger partial charge in [0.2, 0.25) is 5.91 Å². The molecule has 1 aliphatic rings. The van der Waals surface area contributed by atoms with E-state index in [0.717, 1.165) is 10.6 Å². The van der Waals surface area contributed by atoms with Crippen LogP contribution in [0.25, 0.3) is 0 Å². The van der Waals surface area contributed by atoms with Crippen LogP contribution in [0.2, 0.25) is 0 Å². The first-order valence-corrected chi connectivity index (χ1v) is 7.83. The van der Waals surface area contributed by atoms with Crippen LogP contribution in [0.3, 0.4) is 0 Å². The molecule has 6 heteroatoms. The molecule has 2 unspecified atom stereocenters. The van der Waals surface area contributed by atoms with Crippen LogP contribution in [0.5, 0.6) is 0 Å². The highest BCUT2D eigenvalue weighted by atomic mass is 32.2. The number of benzene rings is 1. The summed E-state index contributed by atoms with van der Waals surface area (Å²) in [5.41, 5.74) is 1.03. The number of carbonyl (C=O) groups excluding carboxylic acids is 1. The van der Waals surface area contributed by atoms with Gasteiger partial charge in [0.25, 0.3) is 0 Å². The number of carboxylic acids is 1. The molecule has 1 aromatic carbocycles. The highest BCUT2D eigenvalue weighted by Gasteiger charge is 2.25. The molecular formula is C15H18N2O3S. The standard InChI is InChI=1S/C15H18N2O3S/c1-10(15(19)20)7-8-16-13(18)12-9-21-14(17-12)11-5-3-2-4-6-11/h2-6,10,12H,7-9H2,1H3,(H,16,18)(H,19,20). The lowest BCUT2D eigenvalue weighted by molar-refractivity contribution is -0.141. The molecule has 1 aromatic rings. The van der Waals surface area contributed by atoms with Crippen molar-refractivity contribution < 1.29 is 14.7 Å². The van der Waals surface area contributed by atoms with Gasteiger partial charge in [-0.3, -0.25) is 14.6 Å². The molecule has 112 valence electrons. The quantitative estimate of drug-likeness (QED) is 0.839. The Kier molecular flexibility index (Phi) is 5.38. The van der Waals surface area contributed by atoms with Gasteiger partial charge >= 0.3 is 5.97 Å². The number of rotatable bonds is 6. The summed E-state index contributed by atoms with van der Waals surface area (Å²) in [6, 6.07) is 9.39. The largest absolute Gasteiger partial charge is 0.481 e. The van der Waals surface area contributed by atoms with Crippen molar-refractivity contribution >= 4 is 28.7 Å². The minimum atomic E-state index is -0.843. The third kappa shape index (κ3) is 4.32. The van der Waals surface area contributed by atoms with Gasteiger partial charge in [0, 0.05) is 17.9 Å². The Balaban J connectivity index is 1.84. The molecule has 0 bridgehead atoms. The molecule has 0 aromatic heterocycles. The van der Waals surface area contributed by atoms with Crippen LogP contribution in [0, 0.1) is 5.92 Å². The lowest BCUT2D eigenvalue weighted by Gasteiger charge is -2.09. The first-order valence-electron chi connectivity index (χ1n) is 6.84. The minimum absolute atomic E-state index is 0.133. The average Bonchev–Trinajstić information content (AvgIpc) is 2.97. The van der Waals surface area contributed by atoms with E-state index in [9.17, 15) is 9.59 Å². The summed E-state index contributed by atoms with van der Waals surface area (Å²) in [6.45, 7) is 2.00. The van der Waals surface area contributed by atoms with Crippen molar-refractivity contribution in [3.05, 3.63) is 35.9 Å². The van der Waals surface area contributed by atoms with Crippen LogP contribution in [0.1, 0.15) is 18.9 Å². The molecule has 2 rings (SSSR count). The number of nitrogens with zero attached hydrogens (tertiary/aromatic N) is 1. The molecular weight excluding hydrogens is 288 g/mol. The third-order valence-electron chi connectivity index (χ3n) is 3.27. The second kappa shape index (κ2) is 7.26. The van der Waals surface area contributed by atoms with Crippen molar-refractivity contribution in [3.63, 3.8) is 0 Å². The number of hydrogen-bond donors (Lipinski definition) is 2. The average molecular weight is 306 g/mol. The predicted molar refractivity (Wildman–Crippen MR) is 83.7 cm³/mol. The van der Waals surface area contributed by atoms with E-state index >= 15 is 0 Å². The number of carboxylic acid groups (broad SMARTS) is 1. The molecule has 1 amide bonds. The SMILES string of the molecule is CC(CCNC(=O)C1CSC(c2ccccc2)=N1)C(=O)O. The van der Waals surface area contributed by atoms with Crippen molar-refractivity contribution in [2.75, 3.05) is 12.3 Å². The molecule has 0 fully saturated rings. The zero-order valence-electron chi connectivity index (χ0n) is 11.8. The Hall–Kier alpha value is -1.82. The molecule has 2 atom stereocenters. The lowest BCUT2D eigenvalue weighted by atomic mass is 10.1. The molecule has 5 nitrogen and oxygen atoms in total. The Labute approximate surface area is 127 Å². The van der Waals surface area contributed by atoms with E-state index in [0.29, 0.717) is 18.7 Å². The van der Waals surface area contributed by atoms with Gasteiger partial charge in [-0.1, -0.05) is 37.3 Å². The molecule has 2 N–H and O–H groups in total. The van der Waals surface area contributed by atoms with Crippen LogP contribution >= 0.6 is 11.8 Å². The van der Waals surface area contributed by atoms with Crippen molar-refractivity contribution in [1.29, 1.82) is 0 Å². The summed E-state index contributed by atoms with van der Waals surface area (Å²) >= 11 is 1.57. The monoisotopic (exact) mass is 306 g/mol. The summed E-state index contributed by atoms with van der Waals surface area (Å²) in [5, 5.41) is 12.4. The zero-order valence-corrected chi connectivity index (χ0v) is 12.6. The van der Waals surface area contributed by atoms with E-state index < -0.39 is 11.9 Å². The van der Waals surface area contributed by atoms with E-state index in [1.54, 1.807) is 18.7 Å². The maximum absolute atomic E-state index is 12.0. The summed E-state index contributed by atoms with van der Waals surface area (Å²) in [7, 11) is 0. The zero-order chi connectivity index (χ0) is 15.2. The van der Waals surface area contributed by atoms with E-state index in [1.807, 2.05) is 30.3 Å². The summed E-state index contributed by atoms with van der Waals surface area (Å²) in [5.74, 6) is -0.799. The summed E-state index contributed by atoms with van der Waals surface area (Å²) in [4.78, 5) is 27.1. The number of carbonyl (C=O) groups is 2. The van der Waals surface area contributed by atoms with Crippen molar-refractivity contribution in [1.82, 2.24) is 5.32 Å². The second-order valence-corrected chi connectivity index (χ2v) is 5.95. The molecule has 0 saturated carbocycles. The van der Waals surface area contributed by atoms with E-state index in [2.05, 4.69) is 10.3 Å². The topological polar surface area (TPSA) is 78.8 Å². The summed E-state index contributed by atoms with van der Waals surface area (Å²) < 4.78 is 0. The minimum Gasteiger partial charge on any atom is -0.481 e. The summed E-state index contributed by atoms with van der Waals surface area (Å²) in [6.07, 6.45) is 0.427. The smallest absolute Gasteiger partial charge is 0.306 e. The Morgan fingerprint density at radius 2 is 2.14 bits per heavy atom. The lowest BCUT2D eigenvalue weighted by Crippen LogP contribution is -2.35. The van der Waals surface area contributed by atoms with Gasteiger partial charge in [0.1, 0.15) is 6.04 Å². The second-order valence-electron chi connectivity index (χ2n) is 4.95. The number of nitrogens with one attached hydrogen (secondary N) is 1. The highest BCUT2D eigenvalue weighted by Crippen LogP contribution is 2.23. The van der Waals surface area contributed by atoms with Gasteiger partial charge in [0.05, 0.1) is 11.0 Å². The normalized spacial score (nSPS) is 18.9. The van der Waals surface area contributed by atoms with Gasteiger partial charge in [-0.15, -0.1) is 11.8 Å². The van der Waals surface area contributed by atoms with E-state index in [4.69, 9.17) is 5.11 Å². The van der Waals surface area contributed by atoms with Crippen LogP contribution < -0.4 is 5.32 Å². The number of aliphatic carboxylic acids is 1. The number of amides is 1. The first kappa shape index (κ1) is 15.6. The van der Waals surface area contributed by atoms with Gasteiger partial charge in [-0.25, -0.2) is 0 Å². The van der Waals surface area contributed by atoms with Crippen molar-refractivity contribution in [3.8, 4) is 0 Å². The van der Waals surface area contributed by atoms with Crippen LogP contribution in [-0.2, 0) is 9.59 Å². The Bertz CT molecular complexity index is 545. The highest BCUT2D eigenvalue weighted by molar-refractivity contribution is 8.14. The first-order chi connectivity index (χ1) is 10.1. The van der Waals surface area contributed by atoms with Gasteiger partial charge < -0.3 is 10.4 Å². The maximum atomic E-state index is 12.0. The Morgan fingerprint density at radius 1 is 1.43 bits per heavy atom. The van der Waals surface area contributed by atoms with Gasteiger partial charge in [-0.2, -0.15) is 0 Å². The molecule has 0 radical (unpaired) electrons. The van der Waals surface area contributed by atoms with Crippen LogP contribution in [-0.4, -0.2) is 40.4 Å². The van der Waals surface area contributed by atoms with Gasteiger partial charge in [-0.05, 0) is 6.42 Å². The van der Waals surface area contributed by atoms with Crippen molar-refractivity contribution in [2.24, 2.45) is 10.9 Å². The van der Waals surface area contributed by atoms with E-state index in [-0.39, 0.29) is 11.9 Å². The fraction of sp³-hybridized carbons (Fsp3) is 0.400. The molecule has 0 aliphatic carbocycles. The Morgan fingerprint density at radius 3 is 2.81 bits per heavy atom. The fourth-order valence-electron chi connectivity index (χ4n) is 1.90. The molecule has 21 heavy (non-hydrogen) atoms. The van der Waals surface area contributed by atoms with Gasteiger partial charge in [0.15, 0.2) is 0 Å². The van der Waals surface area contributed by atoms with Crippen LogP contribution in [0.15, 0.2) is 35.3 Å². The van der Waals surface area contributed by atoms with Crippen LogP contribution in [0.4, 0.5) is 0 Å². The third-order valence-corrected chi connectivity index (χ3v) is 4.37.